The van der Waals surface area contributed by atoms with Gasteiger partial charge in [0.1, 0.15) is 6.04 Å². The van der Waals surface area contributed by atoms with E-state index in [1.807, 2.05) is 10.9 Å². The van der Waals surface area contributed by atoms with Gasteiger partial charge >= 0.3 is 5.97 Å². The normalized spacial score (nSPS) is 12.3. The lowest BCUT2D eigenvalue weighted by atomic mass is 10.1. The van der Waals surface area contributed by atoms with Gasteiger partial charge in [-0.15, -0.1) is 0 Å². The maximum atomic E-state index is 12.4. The lowest BCUT2D eigenvalue weighted by Crippen LogP contribution is -2.47. The molecule has 0 aliphatic rings. The van der Waals surface area contributed by atoms with Crippen molar-refractivity contribution in [1.82, 2.24) is 15.6 Å². The number of esters is 1. The first-order valence-corrected chi connectivity index (χ1v) is 9.39. The van der Waals surface area contributed by atoms with E-state index in [2.05, 4.69) is 4.72 Å². The summed E-state index contributed by atoms with van der Waals surface area (Å²) in [5.41, 5.74) is 4.05. The monoisotopic (exact) mass is 405 g/mol. The van der Waals surface area contributed by atoms with E-state index in [4.69, 9.17) is 16.3 Å². The lowest BCUT2D eigenvalue weighted by Gasteiger charge is -2.20. The van der Waals surface area contributed by atoms with Crippen molar-refractivity contribution in [1.29, 1.82) is 0 Å². The number of hydrazine groups is 1. The first-order valence-electron chi connectivity index (χ1n) is 7.53. The number of hydrogen-bond donors (Lipinski definition) is 3. The Hall–Kier alpha value is -2.17. The molecule has 0 unspecified atom stereocenters. The zero-order valence-corrected chi connectivity index (χ0v) is 16.0. The SMILES string of the molecule is CC(=O)NNC(=O)COC(=O)[C@@H](NS(=O)(=O)c1cccc(Cl)c1)C(C)C. The fourth-order valence-corrected chi connectivity index (χ4v) is 3.38. The molecule has 3 N–H and O–H groups in total. The molecule has 0 spiro atoms. The fourth-order valence-electron chi connectivity index (χ4n) is 1.75. The Kier molecular flexibility index (Phi) is 8.00. The van der Waals surface area contributed by atoms with Crippen LogP contribution >= 0.6 is 11.6 Å². The smallest absolute Gasteiger partial charge is 0.324 e. The Morgan fingerprint density at radius 1 is 1.19 bits per heavy atom. The van der Waals surface area contributed by atoms with E-state index in [9.17, 15) is 22.8 Å². The number of benzene rings is 1. The minimum atomic E-state index is -4.02. The fraction of sp³-hybridized carbons (Fsp3) is 0.400. The number of hydrogen-bond acceptors (Lipinski definition) is 6. The Labute approximate surface area is 156 Å². The van der Waals surface area contributed by atoms with Gasteiger partial charge in [0.05, 0.1) is 4.90 Å². The summed E-state index contributed by atoms with van der Waals surface area (Å²) in [5, 5.41) is 0.228. The number of carbonyl (C=O) groups excluding carboxylic acids is 3. The first kappa shape index (κ1) is 21.9. The van der Waals surface area contributed by atoms with Crippen molar-refractivity contribution in [2.75, 3.05) is 6.61 Å². The van der Waals surface area contributed by atoms with Crippen LogP contribution in [0.5, 0.6) is 0 Å². The molecule has 2 amide bonds. The zero-order valence-electron chi connectivity index (χ0n) is 14.4. The molecule has 144 valence electrons. The van der Waals surface area contributed by atoms with Crippen molar-refractivity contribution in [3.8, 4) is 0 Å². The topological polar surface area (TPSA) is 131 Å². The summed E-state index contributed by atoms with van der Waals surface area (Å²) < 4.78 is 31.9. The zero-order chi connectivity index (χ0) is 19.9. The third-order valence-corrected chi connectivity index (χ3v) is 4.71. The number of halogens is 1. The van der Waals surface area contributed by atoms with Crippen LogP contribution in [0, 0.1) is 5.92 Å². The molecule has 0 aromatic heterocycles. The van der Waals surface area contributed by atoms with E-state index < -0.39 is 46.4 Å². The molecule has 11 heteroatoms. The summed E-state index contributed by atoms with van der Waals surface area (Å²) in [5.74, 6) is -2.65. The number of rotatable bonds is 7. The average molecular weight is 406 g/mol. The molecule has 0 heterocycles. The van der Waals surface area contributed by atoms with Crippen molar-refractivity contribution in [3.05, 3.63) is 29.3 Å². The van der Waals surface area contributed by atoms with Gasteiger partial charge < -0.3 is 4.74 Å². The Morgan fingerprint density at radius 3 is 2.38 bits per heavy atom. The summed E-state index contributed by atoms with van der Waals surface area (Å²) in [6, 6.07) is 4.34. The van der Waals surface area contributed by atoms with Crippen molar-refractivity contribution in [2.45, 2.75) is 31.7 Å². The number of amides is 2. The Balaban J connectivity index is 2.77. The van der Waals surface area contributed by atoms with E-state index in [0.29, 0.717) is 0 Å². The van der Waals surface area contributed by atoms with Gasteiger partial charge in [0.2, 0.25) is 15.9 Å². The van der Waals surface area contributed by atoms with Gasteiger partial charge in [-0.2, -0.15) is 4.72 Å². The molecule has 0 aliphatic heterocycles. The number of ether oxygens (including phenoxy) is 1. The van der Waals surface area contributed by atoms with Crippen molar-refractivity contribution in [3.63, 3.8) is 0 Å². The van der Waals surface area contributed by atoms with Crippen LogP contribution in [0.4, 0.5) is 0 Å². The number of sulfonamides is 1. The molecule has 26 heavy (non-hydrogen) atoms. The molecule has 0 aliphatic carbocycles. The molecule has 0 bridgehead atoms. The van der Waals surface area contributed by atoms with Crippen LogP contribution in [-0.4, -0.2) is 38.9 Å². The molecular weight excluding hydrogens is 386 g/mol. The van der Waals surface area contributed by atoms with E-state index in [1.54, 1.807) is 13.8 Å². The molecular formula is C15H20ClN3O6S. The summed E-state index contributed by atoms with van der Waals surface area (Å²) in [6.07, 6.45) is 0. The first-order chi connectivity index (χ1) is 12.0. The minimum absolute atomic E-state index is 0.105. The standard InChI is InChI=1S/C15H20ClN3O6S/c1-9(2)14(15(22)25-8-13(21)18-17-10(3)20)19-26(23,24)12-6-4-5-11(16)7-12/h4-7,9,14,19H,8H2,1-3H3,(H,17,20)(H,18,21)/t14-/m0/s1. The van der Waals surface area contributed by atoms with Gasteiger partial charge in [0, 0.05) is 11.9 Å². The molecule has 0 saturated heterocycles. The van der Waals surface area contributed by atoms with Crippen molar-refractivity contribution in [2.24, 2.45) is 5.92 Å². The second kappa shape index (κ2) is 9.51. The van der Waals surface area contributed by atoms with Crippen molar-refractivity contribution >= 4 is 39.4 Å². The highest BCUT2D eigenvalue weighted by molar-refractivity contribution is 7.89. The second-order valence-electron chi connectivity index (χ2n) is 5.64. The largest absolute Gasteiger partial charge is 0.454 e. The molecule has 0 fully saturated rings. The quantitative estimate of drug-likeness (QED) is 0.443. The predicted octanol–water partition coefficient (Wildman–Crippen LogP) is 0.353. The second-order valence-corrected chi connectivity index (χ2v) is 7.79. The highest BCUT2D eigenvalue weighted by Gasteiger charge is 2.30. The van der Waals surface area contributed by atoms with Gasteiger partial charge in [-0.05, 0) is 24.1 Å². The van der Waals surface area contributed by atoms with E-state index in [0.717, 1.165) is 0 Å². The number of nitrogens with one attached hydrogen (secondary N) is 3. The Bertz CT molecular complexity index is 781. The van der Waals surface area contributed by atoms with Crippen LogP contribution in [0.3, 0.4) is 0 Å². The molecule has 1 aromatic rings. The van der Waals surface area contributed by atoms with E-state index in [1.165, 1.54) is 31.2 Å². The lowest BCUT2D eigenvalue weighted by molar-refractivity contribution is -0.151. The predicted molar refractivity (Wildman–Crippen MR) is 93.3 cm³/mol. The van der Waals surface area contributed by atoms with Crippen LogP contribution < -0.4 is 15.6 Å². The molecule has 1 atom stereocenters. The molecule has 1 rings (SSSR count). The highest BCUT2D eigenvalue weighted by Crippen LogP contribution is 2.17. The average Bonchev–Trinajstić information content (AvgIpc) is 2.55. The van der Waals surface area contributed by atoms with Crippen LogP contribution in [-0.2, 0) is 29.1 Å². The summed E-state index contributed by atoms with van der Waals surface area (Å²) in [7, 11) is -4.02. The Morgan fingerprint density at radius 2 is 1.85 bits per heavy atom. The number of carbonyl (C=O) groups is 3. The van der Waals surface area contributed by atoms with Gasteiger partial charge in [-0.25, -0.2) is 8.42 Å². The molecule has 9 nitrogen and oxygen atoms in total. The highest BCUT2D eigenvalue weighted by atomic mass is 35.5. The van der Waals surface area contributed by atoms with Crippen LogP contribution in [0.15, 0.2) is 29.2 Å². The third kappa shape index (κ3) is 6.98. The molecule has 1 aromatic carbocycles. The maximum Gasteiger partial charge on any atom is 0.324 e. The van der Waals surface area contributed by atoms with E-state index >= 15 is 0 Å². The summed E-state index contributed by atoms with van der Waals surface area (Å²) in [4.78, 5) is 34.2. The molecule has 0 saturated carbocycles. The van der Waals surface area contributed by atoms with Gasteiger partial charge in [-0.1, -0.05) is 31.5 Å². The summed E-state index contributed by atoms with van der Waals surface area (Å²) in [6.45, 7) is 3.74. The van der Waals surface area contributed by atoms with Crippen LogP contribution in [0.1, 0.15) is 20.8 Å². The maximum absolute atomic E-state index is 12.4. The van der Waals surface area contributed by atoms with Crippen LogP contribution in [0.25, 0.3) is 0 Å². The van der Waals surface area contributed by atoms with Crippen LogP contribution in [0.2, 0.25) is 5.02 Å². The van der Waals surface area contributed by atoms with Gasteiger partial charge in [-0.3, -0.25) is 25.2 Å². The van der Waals surface area contributed by atoms with Gasteiger partial charge in [0.15, 0.2) is 6.61 Å². The van der Waals surface area contributed by atoms with Crippen molar-refractivity contribution < 1.29 is 27.5 Å². The molecule has 0 radical (unpaired) electrons. The van der Waals surface area contributed by atoms with E-state index in [-0.39, 0.29) is 9.92 Å². The van der Waals surface area contributed by atoms with Gasteiger partial charge in [0.25, 0.3) is 5.91 Å². The minimum Gasteiger partial charge on any atom is -0.454 e. The summed E-state index contributed by atoms with van der Waals surface area (Å²) >= 11 is 5.79. The third-order valence-electron chi connectivity index (χ3n) is 3.03.